The maximum Gasteiger partial charge on any atom is 0.0226 e. The van der Waals surface area contributed by atoms with E-state index < -0.39 is 0 Å². The zero-order valence-corrected chi connectivity index (χ0v) is 8.69. The highest BCUT2D eigenvalue weighted by Gasteiger charge is 1.77. The monoisotopic (exact) mass is 186 g/mol. The minimum Gasteiger partial charge on any atom is -0.127 e. The Hall–Kier alpha value is -0.230. The van der Waals surface area contributed by atoms with Crippen LogP contribution in [0.4, 0.5) is 0 Å². The standard InChI is InChI=1S/C11H19Cl/c1-2-3-4-5-6-7-8-9-10-11-12/h5-8H,2-4,9-11H2,1H3/b6-5+,8-7+. The van der Waals surface area contributed by atoms with Gasteiger partial charge in [-0.3, -0.25) is 0 Å². The van der Waals surface area contributed by atoms with Crippen molar-refractivity contribution in [3.05, 3.63) is 24.3 Å². The average Bonchev–Trinajstić information content (AvgIpc) is 2.10. The molecular formula is C11H19Cl. The fraction of sp³-hybridized carbons (Fsp3) is 0.636. The third-order valence-corrected chi connectivity index (χ3v) is 1.88. The molecule has 70 valence electrons. The molecule has 12 heavy (non-hydrogen) atoms. The topological polar surface area (TPSA) is 0 Å². The molecule has 0 radical (unpaired) electrons. The zero-order chi connectivity index (χ0) is 9.07. The van der Waals surface area contributed by atoms with E-state index in [0.29, 0.717) is 0 Å². The summed E-state index contributed by atoms with van der Waals surface area (Å²) < 4.78 is 0. The van der Waals surface area contributed by atoms with Crippen molar-refractivity contribution in [1.29, 1.82) is 0 Å². The van der Waals surface area contributed by atoms with Crippen LogP contribution < -0.4 is 0 Å². The normalized spacial score (nSPS) is 11.8. The lowest BCUT2D eigenvalue weighted by atomic mass is 10.2. The first kappa shape index (κ1) is 11.8. The van der Waals surface area contributed by atoms with E-state index in [9.17, 15) is 0 Å². The molecule has 0 aliphatic heterocycles. The highest BCUT2D eigenvalue weighted by Crippen LogP contribution is 1.96. The molecule has 0 rings (SSSR count). The third-order valence-electron chi connectivity index (χ3n) is 1.61. The van der Waals surface area contributed by atoms with E-state index in [-0.39, 0.29) is 0 Å². The van der Waals surface area contributed by atoms with Gasteiger partial charge in [-0.15, -0.1) is 11.6 Å². The van der Waals surface area contributed by atoms with Crippen LogP contribution in [0.1, 0.15) is 39.0 Å². The summed E-state index contributed by atoms with van der Waals surface area (Å²) in [5.41, 5.74) is 0. The molecule has 0 aromatic rings. The summed E-state index contributed by atoms with van der Waals surface area (Å²) >= 11 is 5.53. The van der Waals surface area contributed by atoms with Gasteiger partial charge in [0, 0.05) is 5.88 Å². The smallest absolute Gasteiger partial charge is 0.0226 e. The molecule has 0 saturated carbocycles. The maximum absolute atomic E-state index is 5.53. The molecule has 0 unspecified atom stereocenters. The molecular weight excluding hydrogens is 168 g/mol. The molecule has 0 amide bonds. The van der Waals surface area contributed by atoms with Crippen LogP contribution in [0.3, 0.4) is 0 Å². The second-order valence-electron chi connectivity index (χ2n) is 2.83. The average molecular weight is 187 g/mol. The lowest BCUT2D eigenvalue weighted by molar-refractivity contribution is 0.815. The van der Waals surface area contributed by atoms with E-state index in [1.165, 1.54) is 19.3 Å². The molecule has 0 aromatic carbocycles. The molecule has 0 aliphatic rings. The van der Waals surface area contributed by atoms with Crippen LogP contribution in [-0.2, 0) is 0 Å². The van der Waals surface area contributed by atoms with E-state index in [2.05, 4.69) is 31.2 Å². The van der Waals surface area contributed by atoms with Gasteiger partial charge < -0.3 is 0 Å². The van der Waals surface area contributed by atoms with Gasteiger partial charge in [0.05, 0.1) is 0 Å². The number of alkyl halides is 1. The summed E-state index contributed by atoms with van der Waals surface area (Å²) in [5.74, 6) is 0.768. The van der Waals surface area contributed by atoms with Crippen LogP contribution in [0.5, 0.6) is 0 Å². The van der Waals surface area contributed by atoms with Gasteiger partial charge in [-0.05, 0) is 19.3 Å². The molecule has 0 N–H and O–H groups in total. The number of allylic oxidation sites excluding steroid dienone is 4. The van der Waals surface area contributed by atoms with Crippen LogP contribution in [0.2, 0.25) is 0 Å². The van der Waals surface area contributed by atoms with E-state index in [4.69, 9.17) is 11.6 Å². The minimum absolute atomic E-state index is 0.768. The van der Waals surface area contributed by atoms with Gasteiger partial charge in [0.1, 0.15) is 0 Å². The summed E-state index contributed by atoms with van der Waals surface area (Å²) in [6, 6.07) is 0. The fourth-order valence-electron chi connectivity index (χ4n) is 0.867. The van der Waals surface area contributed by atoms with Crippen molar-refractivity contribution < 1.29 is 0 Å². The number of rotatable bonds is 7. The maximum atomic E-state index is 5.53. The van der Waals surface area contributed by atoms with Crippen molar-refractivity contribution in [3.8, 4) is 0 Å². The Kier molecular flexibility index (Phi) is 10.6. The van der Waals surface area contributed by atoms with E-state index in [0.717, 1.165) is 18.7 Å². The van der Waals surface area contributed by atoms with Gasteiger partial charge in [-0.2, -0.15) is 0 Å². The van der Waals surface area contributed by atoms with Crippen molar-refractivity contribution in [2.24, 2.45) is 0 Å². The number of hydrogen-bond acceptors (Lipinski definition) is 0. The van der Waals surface area contributed by atoms with E-state index >= 15 is 0 Å². The molecule has 0 spiro atoms. The van der Waals surface area contributed by atoms with Crippen molar-refractivity contribution >= 4 is 11.6 Å². The Morgan fingerprint density at radius 3 is 2.08 bits per heavy atom. The predicted molar refractivity (Wildman–Crippen MR) is 57.8 cm³/mol. The molecule has 0 heterocycles. The second-order valence-corrected chi connectivity index (χ2v) is 3.21. The fourth-order valence-corrected chi connectivity index (χ4v) is 1.02. The zero-order valence-electron chi connectivity index (χ0n) is 7.93. The Balaban J connectivity index is 3.15. The van der Waals surface area contributed by atoms with Crippen LogP contribution in [0.25, 0.3) is 0 Å². The third kappa shape index (κ3) is 9.77. The molecule has 0 nitrogen and oxygen atoms in total. The van der Waals surface area contributed by atoms with Crippen LogP contribution >= 0.6 is 11.6 Å². The molecule has 0 bridgehead atoms. The second kappa shape index (κ2) is 10.8. The lowest BCUT2D eigenvalue weighted by Gasteiger charge is -1.86. The van der Waals surface area contributed by atoms with Crippen LogP contribution in [-0.4, -0.2) is 5.88 Å². The Labute approximate surface area is 81.3 Å². The number of halogens is 1. The van der Waals surface area contributed by atoms with Gasteiger partial charge in [0.2, 0.25) is 0 Å². The van der Waals surface area contributed by atoms with Gasteiger partial charge in [0.25, 0.3) is 0 Å². The van der Waals surface area contributed by atoms with Gasteiger partial charge >= 0.3 is 0 Å². The van der Waals surface area contributed by atoms with Gasteiger partial charge in [-0.1, -0.05) is 44.1 Å². The van der Waals surface area contributed by atoms with Gasteiger partial charge in [-0.25, -0.2) is 0 Å². The summed E-state index contributed by atoms with van der Waals surface area (Å²) in [5, 5.41) is 0. The molecule has 0 saturated heterocycles. The molecule has 0 aromatic heterocycles. The number of hydrogen-bond donors (Lipinski definition) is 0. The summed E-state index contributed by atoms with van der Waals surface area (Å²) in [6.45, 7) is 2.21. The summed E-state index contributed by atoms with van der Waals surface area (Å²) in [4.78, 5) is 0. The summed E-state index contributed by atoms with van der Waals surface area (Å²) in [6.07, 6.45) is 14.6. The predicted octanol–water partition coefficient (Wildman–Crippen LogP) is 4.31. The van der Waals surface area contributed by atoms with Crippen molar-refractivity contribution in [2.45, 2.75) is 39.0 Å². The molecule has 0 atom stereocenters. The quantitative estimate of drug-likeness (QED) is 0.316. The SMILES string of the molecule is CCCC/C=C/C=C/CCCCl. The first-order valence-electron chi connectivity index (χ1n) is 4.79. The van der Waals surface area contributed by atoms with Gasteiger partial charge in [0.15, 0.2) is 0 Å². The molecule has 0 aliphatic carbocycles. The van der Waals surface area contributed by atoms with Crippen LogP contribution in [0.15, 0.2) is 24.3 Å². The van der Waals surface area contributed by atoms with Crippen molar-refractivity contribution in [1.82, 2.24) is 0 Å². The van der Waals surface area contributed by atoms with E-state index in [1.54, 1.807) is 0 Å². The molecule has 1 heteroatoms. The number of unbranched alkanes of at least 4 members (excludes halogenated alkanes) is 3. The summed E-state index contributed by atoms with van der Waals surface area (Å²) in [7, 11) is 0. The first-order chi connectivity index (χ1) is 5.91. The Morgan fingerprint density at radius 1 is 1.00 bits per heavy atom. The Morgan fingerprint density at radius 2 is 1.58 bits per heavy atom. The minimum atomic E-state index is 0.768. The molecule has 0 fully saturated rings. The van der Waals surface area contributed by atoms with Crippen molar-refractivity contribution in [2.75, 3.05) is 5.88 Å². The van der Waals surface area contributed by atoms with Crippen molar-refractivity contribution in [3.63, 3.8) is 0 Å². The Bertz CT molecular complexity index is 109. The lowest BCUT2D eigenvalue weighted by Crippen LogP contribution is -1.70. The van der Waals surface area contributed by atoms with E-state index in [1.807, 2.05) is 0 Å². The first-order valence-corrected chi connectivity index (χ1v) is 5.33. The highest BCUT2D eigenvalue weighted by molar-refractivity contribution is 6.17. The van der Waals surface area contributed by atoms with Crippen LogP contribution in [0, 0.1) is 0 Å². The largest absolute Gasteiger partial charge is 0.127 e. The highest BCUT2D eigenvalue weighted by atomic mass is 35.5.